The first-order valence-corrected chi connectivity index (χ1v) is 9.98. The molecule has 1 fully saturated rings. The lowest BCUT2D eigenvalue weighted by Gasteiger charge is -2.31. The topological polar surface area (TPSA) is 118 Å². The first-order valence-electron chi connectivity index (χ1n) is 9.98. The van der Waals surface area contributed by atoms with Gasteiger partial charge in [0.15, 0.2) is 6.10 Å². The van der Waals surface area contributed by atoms with Crippen molar-refractivity contribution in [3.8, 4) is 0 Å². The monoisotopic (exact) mass is 424 g/mol. The lowest BCUT2D eigenvalue weighted by molar-refractivity contribution is -0.208. The summed E-state index contributed by atoms with van der Waals surface area (Å²) in [5.41, 5.74) is 0.399. The van der Waals surface area contributed by atoms with Gasteiger partial charge in [0.25, 0.3) is 0 Å². The maximum atomic E-state index is 12.1. The second-order valence-electron chi connectivity index (χ2n) is 8.14. The Balaban J connectivity index is 1.98. The molecule has 0 spiro atoms. The number of aliphatic hydroxyl groups is 1. The van der Waals surface area contributed by atoms with Crippen LogP contribution in [-0.2, 0) is 19.0 Å². The number of likely N-dealkylation sites (N-methyl/N-ethyl adjacent to an activating group) is 2. The van der Waals surface area contributed by atoms with E-state index in [1.807, 2.05) is 33.0 Å². The molecule has 0 aromatic rings. The molecule has 168 valence electrons. The molecule has 0 aromatic heterocycles. The molecule has 1 heterocycles. The van der Waals surface area contributed by atoms with Crippen molar-refractivity contribution < 1.29 is 34.0 Å². The number of nitrogens with zero attached hydrogens (tertiary/aromatic N) is 1. The van der Waals surface area contributed by atoms with E-state index in [0.29, 0.717) is 18.8 Å². The molecule has 2 rings (SSSR count). The second-order valence-corrected chi connectivity index (χ2v) is 8.14. The molecule has 0 saturated carbocycles. The molecule has 1 amide bonds. The molecular formula is C21H32N2O7. The SMILES string of the molecule is CNCCN(C)C(=O)OCC1=CC(C)(C)C=C(O[C@H]2C[C@@H](O)C[C@@H](C(=O)O)O2)C=C1. The van der Waals surface area contributed by atoms with Gasteiger partial charge in [-0.1, -0.05) is 26.0 Å². The van der Waals surface area contributed by atoms with Gasteiger partial charge in [-0.15, -0.1) is 0 Å². The number of hydrogen-bond acceptors (Lipinski definition) is 7. The number of carboxylic acids is 1. The van der Waals surface area contributed by atoms with Gasteiger partial charge in [-0.3, -0.25) is 0 Å². The van der Waals surface area contributed by atoms with Gasteiger partial charge >= 0.3 is 12.1 Å². The van der Waals surface area contributed by atoms with Crippen LogP contribution >= 0.6 is 0 Å². The summed E-state index contributed by atoms with van der Waals surface area (Å²) < 4.78 is 16.7. The van der Waals surface area contributed by atoms with Gasteiger partial charge in [0.05, 0.1) is 6.10 Å². The Morgan fingerprint density at radius 2 is 2.03 bits per heavy atom. The Labute approximate surface area is 177 Å². The number of aliphatic carboxylic acids is 1. The smallest absolute Gasteiger partial charge is 0.409 e. The standard InChI is InChI=1S/C21H32N2O7/c1-21(2)11-14(13-28-20(27)23(4)8-7-22-3)5-6-16(12-21)29-18-10-15(24)9-17(30-18)19(25)26/h5-6,11-12,15,17-18,22,24H,7-10,13H2,1-4H3,(H,25,26)/t15-,17-,18+/m0/s1. The lowest BCUT2D eigenvalue weighted by atomic mass is 9.91. The van der Waals surface area contributed by atoms with E-state index in [-0.39, 0.29) is 19.4 Å². The van der Waals surface area contributed by atoms with Gasteiger partial charge in [-0.25, -0.2) is 9.59 Å². The Kier molecular flexibility index (Phi) is 8.45. The van der Waals surface area contributed by atoms with Crippen LogP contribution in [-0.4, -0.2) is 79.5 Å². The highest BCUT2D eigenvalue weighted by Crippen LogP contribution is 2.30. The van der Waals surface area contributed by atoms with E-state index < -0.39 is 36.0 Å². The third-order valence-electron chi connectivity index (χ3n) is 4.71. The van der Waals surface area contributed by atoms with E-state index in [1.165, 1.54) is 4.90 Å². The van der Waals surface area contributed by atoms with Crippen LogP contribution < -0.4 is 5.32 Å². The number of amides is 1. The molecule has 3 N–H and O–H groups in total. The third kappa shape index (κ3) is 7.47. The number of rotatable bonds is 8. The van der Waals surface area contributed by atoms with Crippen LogP contribution in [0.15, 0.2) is 35.6 Å². The van der Waals surface area contributed by atoms with Crippen LogP contribution in [0.5, 0.6) is 0 Å². The lowest BCUT2D eigenvalue weighted by Crippen LogP contribution is -2.41. The maximum absolute atomic E-state index is 12.1. The van der Waals surface area contributed by atoms with Crippen molar-refractivity contribution in [2.45, 2.75) is 45.2 Å². The van der Waals surface area contributed by atoms with Crippen LogP contribution in [0.1, 0.15) is 26.7 Å². The highest BCUT2D eigenvalue weighted by Gasteiger charge is 2.34. The average molecular weight is 424 g/mol. The molecule has 3 atom stereocenters. The van der Waals surface area contributed by atoms with Crippen molar-refractivity contribution in [3.63, 3.8) is 0 Å². The number of carboxylic acid groups (broad SMARTS) is 1. The molecule has 0 bridgehead atoms. The predicted octanol–water partition coefficient (Wildman–Crippen LogP) is 1.65. The molecule has 1 aliphatic carbocycles. The summed E-state index contributed by atoms with van der Waals surface area (Å²) in [6.07, 6.45) is 4.40. The van der Waals surface area contributed by atoms with Gasteiger partial charge in [0.2, 0.25) is 6.29 Å². The van der Waals surface area contributed by atoms with Gasteiger partial charge in [0.1, 0.15) is 12.4 Å². The zero-order chi connectivity index (χ0) is 22.3. The number of hydrogen-bond donors (Lipinski definition) is 3. The van der Waals surface area contributed by atoms with Crippen LogP contribution in [0.3, 0.4) is 0 Å². The molecule has 0 radical (unpaired) electrons. The number of aliphatic hydroxyl groups excluding tert-OH is 1. The molecule has 0 unspecified atom stereocenters. The summed E-state index contributed by atoms with van der Waals surface area (Å²) >= 11 is 0. The number of ether oxygens (including phenoxy) is 3. The first-order chi connectivity index (χ1) is 14.1. The molecule has 2 aliphatic rings. The average Bonchev–Trinajstić information content (AvgIpc) is 2.80. The summed E-state index contributed by atoms with van der Waals surface area (Å²) in [4.78, 5) is 24.8. The Bertz CT molecular complexity index is 714. The fourth-order valence-electron chi connectivity index (χ4n) is 3.21. The fraction of sp³-hybridized carbons (Fsp3) is 0.619. The van der Waals surface area contributed by atoms with E-state index in [2.05, 4.69) is 5.32 Å². The summed E-state index contributed by atoms with van der Waals surface area (Å²) in [5.74, 6) is -0.634. The molecular weight excluding hydrogens is 392 g/mol. The van der Waals surface area contributed by atoms with E-state index >= 15 is 0 Å². The summed E-state index contributed by atoms with van der Waals surface area (Å²) in [7, 11) is 3.49. The van der Waals surface area contributed by atoms with E-state index in [9.17, 15) is 14.7 Å². The third-order valence-corrected chi connectivity index (χ3v) is 4.71. The van der Waals surface area contributed by atoms with Crippen molar-refractivity contribution in [2.75, 3.05) is 33.8 Å². The number of carbonyl (C=O) groups excluding carboxylic acids is 1. The van der Waals surface area contributed by atoms with Gasteiger partial charge in [-0.2, -0.15) is 0 Å². The number of carbonyl (C=O) groups is 2. The zero-order valence-corrected chi connectivity index (χ0v) is 18.0. The Hall–Kier alpha value is -2.36. The molecule has 0 aromatic carbocycles. The van der Waals surface area contributed by atoms with Crippen LogP contribution in [0.25, 0.3) is 0 Å². The minimum atomic E-state index is -1.13. The molecule has 9 heteroatoms. The maximum Gasteiger partial charge on any atom is 0.409 e. The first kappa shape index (κ1) is 23.9. The normalized spacial score (nSPS) is 25.6. The summed E-state index contributed by atoms with van der Waals surface area (Å²) in [6.45, 7) is 5.28. The minimum absolute atomic E-state index is 0.0371. The fourth-order valence-corrected chi connectivity index (χ4v) is 3.21. The predicted molar refractivity (Wildman–Crippen MR) is 110 cm³/mol. The molecule has 1 aliphatic heterocycles. The molecule has 9 nitrogen and oxygen atoms in total. The summed E-state index contributed by atoms with van der Waals surface area (Å²) in [6, 6.07) is 0. The molecule has 1 saturated heterocycles. The van der Waals surface area contributed by atoms with E-state index in [0.717, 1.165) is 5.57 Å². The summed E-state index contributed by atoms with van der Waals surface area (Å²) in [5, 5.41) is 22.1. The van der Waals surface area contributed by atoms with Gasteiger partial charge in [-0.05, 0) is 24.8 Å². The highest BCUT2D eigenvalue weighted by molar-refractivity contribution is 5.72. The second kappa shape index (κ2) is 10.6. The Morgan fingerprint density at radius 3 is 2.70 bits per heavy atom. The number of nitrogens with one attached hydrogen (secondary N) is 1. The van der Waals surface area contributed by atoms with Crippen molar-refractivity contribution in [3.05, 3.63) is 35.6 Å². The van der Waals surface area contributed by atoms with E-state index in [4.69, 9.17) is 19.3 Å². The molecule has 30 heavy (non-hydrogen) atoms. The quantitative estimate of drug-likeness (QED) is 0.538. The van der Waals surface area contributed by atoms with Crippen molar-refractivity contribution in [2.24, 2.45) is 5.41 Å². The number of allylic oxidation sites excluding steroid dienone is 3. The minimum Gasteiger partial charge on any atom is -0.479 e. The van der Waals surface area contributed by atoms with Gasteiger partial charge in [0, 0.05) is 38.4 Å². The van der Waals surface area contributed by atoms with Crippen LogP contribution in [0.2, 0.25) is 0 Å². The van der Waals surface area contributed by atoms with Crippen LogP contribution in [0.4, 0.5) is 4.79 Å². The van der Waals surface area contributed by atoms with E-state index in [1.54, 1.807) is 19.2 Å². The van der Waals surface area contributed by atoms with Gasteiger partial charge < -0.3 is 34.6 Å². The zero-order valence-electron chi connectivity index (χ0n) is 18.0. The Morgan fingerprint density at radius 1 is 1.30 bits per heavy atom. The largest absolute Gasteiger partial charge is 0.479 e. The van der Waals surface area contributed by atoms with Crippen molar-refractivity contribution in [1.29, 1.82) is 0 Å². The highest BCUT2D eigenvalue weighted by atomic mass is 16.7. The van der Waals surface area contributed by atoms with Crippen LogP contribution in [0, 0.1) is 5.41 Å². The van der Waals surface area contributed by atoms with Crippen molar-refractivity contribution in [1.82, 2.24) is 10.2 Å². The van der Waals surface area contributed by atoms with Crippen molar-refractivity contribution >= 4 is 12.1 Å².